The SMILES string of the molecule is Cc1ccc(NC(=O)CSc2nnc3n(C)c(=O)c4ccc(C(=O)NC5CCCC5)cc4n23)cc1. The lowest BCUT2D eigenvalue weighted by Crippen LogP contribution is -2.32. The lowest BCUT2D eigenvalue weighted by atomic mass is 10.1. The average Bonchev–Trinajstić information content (AvgIpc) is 3.52. The van der Waals surface area contributed by atoms with Crippen molar-refractivity contribution in [2.45, 2.75) is 43.8 Å². The highest BCUT2D eigenvalue weighted by Gasteiger charge is 2.20. The van der Waals surface area contributed by atoms with E-state index in [1.807, 2.05) is 31.2 Å². The highest BCUT2D eigenvalue weighted by atomic mass is 32.2. The Bertz CT molecular complexity index is 1490. The molecule has 0 unspecified atom stereocenters. The molecule has 5 rings (SSSR count). The molecule has 1 aliphatic carbocycles. The van der Waals surface area contributed by atoms with Crippen molar-refractivity contribution >= 4 is 45.9 Å². The van der Waals surface area contributed by atoms with Gasteiger partial charge < -0.3 is 10.6 Å². The molecular weight excluding hydrogens is 464 g/mol. The fourth-order valence-electron chi connectivity index (χ4n) is 4.40. The number of nitrogens with one attached hydrogen (secondary N) is 2. The molecule has 1 aliphatic rings. The second-order valence-electron chi connectivity index (χ2n) is 8.87. The first-order chi connectivity index (χ1) is 16.9. The summed E-state index contributed by atoms with van der Waals surface area (Å²) < 4.78 is 3.15. The van der Waals surface area contributed by atoms with E-state index >= 15 is 0 Å². The third kappa shape index (κ3) is 4.66. The van der Waals surface area contributed by atoms with Crippen LogP contribution in [0.5, 0.6) is 0 Å². The summed E-state index contributed by atoms with van der Waals surface area (Å²) in [5, 5.41) is 15.3. The van der Waals surface area contributed by atoms with Crippen molar-refractivity contribution < 1.29 is 9.59 Å². The van der Waals surface area contributed by atoms with Crippen LogP contribution in [0.1, 0.15) is 41.6 Å². The van der Waals surface area contributed by atoms with Gasteiger partial charge in [0.25, 0.3) is 11.5 Å². The number of benzene rings is 2. The highest BCUT2D eigenvalue weighted by molar-refractivity contribution is 7.99. The maximum atomic E-state index is 12.9. The number of carbonyl (C=O) groups is 2. The van der Waals surface area contributed by atoms with Gasteiger partial charge in [-0.15, -0.1) is 10.2 Å². The molecule has 1 fully saturated rings. The molecular formula is C25H26N6O3S. The molecule has 2 aromatic heterocycles. The molecule has 0 aliphatic heterocycles. The number of hydrogen-bond acceptors (Lipinski definition) is 6. The van der Waals surface area contributed by atoms with Gasteiger partial charge in [0.05, 0.1) is 16.7 Å². The van der Waals surface area contributed by atoms with Crippen molar-refractivity contribution in [2.24, 2.45) is 7.05 Å². The fourth-order valence-corrected chi connectivity index (χ4v) is 5.14. The number of aryl methyl sites for hydroxylation is 2. The second kappa shape index (κ2) is 9.53. The minimum absolute atomic E-state index is 0.112. The summed E-state index contributed by atoms with van der Waals surface area (Å²) in [7, 11) is 1.63. The Morgan fingerprint density at radius 1 is 1.09 bits per heavy atom. The summed E-state index contributed by atoms with van der Waals surface area (Å²) in [6.45, 7) is 1.99. The van der Waals surface area contributed by atoms with E-state index in [0.717, 1.165) is 36.9 Å². The first kappa shape index (κ1) is 23.1. The van der Waals surface area contributed by atoms with Crippen LogP contribution in [0.25, 0.3) is 16.7 Å². The number of hydrogen-bond donors (Lipinski definition) is 2. The molecule has 2 amide bonds. The minimum Gasteiger partial charge on any atom is -0.349 e. The van der Waals surface area contributed by atoms with Gasteiger partial charge >= 0.3 is 0 Å². The quantitative estimate of drug-likeness (QED) is 0.401. The monoisotopic (exact) mass is 490 g/mol. The third-order valence-electron chi connectivity index (χ3n) is 6.31. The number of fused-ring (bicyclic) bond motifs is 3. The van der Waals surface area contributed by atoms with Gasteiger partial charge in [0.15, 0.2) is 5.16 Å². The Morgan fingerprint density at radius 2 is 1.83 bits per heavy atom. The van der Waals surface area contributed by atoms with E-state index in [2.05, 4.69) is 20.8 Å². The van der Waals surface area contributed by atoms with E-state index in [9.17, 15) is 14.4 Å². The summed E-state index contributed by atoms with van der Waals surface area (Å²) >= 11 is 1.22. The van der Waals surface area contributed by atoms with Gasteiger partial charge in [-0.2, -0.15) is 0 Å². The first-order valence-electron chi connectivity index (χ1n) is 11.6. The number of aromatic nitrogens is 4. The summed E-state index contributed by atoms with van der Waals surface area (Å²) in [5.74, 6) is 0.118. The van der Waals surface area contributed by atoms with E-state index < -0.39 is 0 Å². The lowest BCUT2D eigenvalue weighted by molar-refractivity contribution is -0.113. The molecule has 2 aromatic carbocycles. The molecule has 0 bridgehead atoms. The van der Waals surface area contributed by atoms with Gasteiger partial charge in [-0.25, -0.2) is 0 Å². The van der Waals surface area contributed by atoms with Crippen LogP contribution in [0.2, 0.25) is 0 Å². The molecule has 0 spiro atoms. The molecule has 2 N–H and O–H groups in total. The van der Waals surface area contributed by atoms with Gasteiger partial charge in [-0.1, -0.05) is 42.3 Å². The van der Waals surface area contributed by atoms with Crippen LogP contribution in [-0.4, -0.2) is 42.8 Å². The number of anilines is 1. The summed E-state index contributed by atoms with van der Waals surface area (Å²) in [5.41, 5.74) is 2.62. The van der Waals surface area contributed by atoms with Crippen molar-refractivity contribution in [3.05, 3.63) is 63.9 Å². The van der Waals surface area contributed by atoms with Crippen LogP contribution < -0.4 is 16.2 Å². The zero-order valence-electron chi connectivity index (χ0n) is 19.6. The molecule has 35 heavy (non-hydrogen) atoms. The number of thioether (sulfide) groups is 1. The summed E-state index contributed by atoms with van der Waals surface area (Å²) in [6.07, 6.45) is 4.22. The Morgan fingerprint density at radius 3 is 2.57 bits per heavy atom. The predicted molar refractivity (Wildman–Crippen MR) is 136 cm³/mol. The van der Waals surface area contributed by atoms with Crippen molar-refractivity contribution in [2.75, 3.05) is 11.1 Å². The fraction of sp³-hybridized carbons (Fsp3) is 0.320. The van der Waals surface area contributed by atoms with Crippen LogP contribution in [0, 0.1) is 6.92 Å². The maximum Gasteiger partial charge on any atom is 0.262 e. The van der Waals surface area contributed by atoms with Gasteiger partial charge in [0.2, 0.25) is 11.7 Å². The van der Waals surface area contributed by atoms with Gasteiger partial charge in [-0.3, -0.25) is 23.4 Å². The van der Waals surface area contributed by atoms with Crippen LogP contribution in [0.15, 0.2) is 52.4 Å². The van der Waals surface area contributed by atoms with E-state index in [-0.39, 0.29) is 29.2 Å². The van der Waals surface area contributed by atoms with E-state index in [1.54, 1.807) is 29.6 Å². The molecule has 9 nitrogen and oxygen atoms in total. The van der Waals surface area contributed by atoms with Gasteiger partial charge in [0, 0.05) is 24.3 Å². The smallest absolute Gasteiger partial charge is 0.262 e. The van der Waals surface area contributed by atoms with Crippen molar-refractivity contribution in [3.8, 4) is 0 Å². The Labute approximate surface area is 205 Å². The predicted octanol–water partition coefficient (Wildman–Crippen LogP) is 3.29. The number of rotatable bonds is 6. The highest BCUT2D eigenvalue weighted by Crippen LogP contribution is 2.23. The van der Waals surface area contributed by atoms with Crippen molar-refractivity contribution in [1.82, 2.24) is 24.5 Å². The molecule has 1 saturated carbocycles. The summed E-state index contributed by atoms with van der Waals surface area (Å²) in [6, 6.07) is 12.8. The lowest BCUT2D eigenvalue weighted by Gasteiger charge is -2.13. The van der Waals surface area contributed by atoms with Crippen molar-refractivity contribution in [1.29, 1.82) is 0 Å². The van der Waals surface area contributed by atoms with Crippen LogP contribution in [0.3, 0.4) is 0 Å². The zero-order valence-corrected chi connectivity index (χ0v) is 20.4. The van der Waals surface area contributed by atoms with Crippen molar-refractivity contribution in [3.63, 3.8) is 0 Å². The Hall–Kier alpha value is -3.66. The molecule has 0 radical (unpaired) electrons. The third-order valence-corrected chi connectivity index (χ3v) is 7.24. The minimum atomic E-state index is -0.226. The Kier molecular flexibility index (Phi) is 6.29. The largest absolute Gasteiger partial charge is 0.349 e. The van der Waals surface area contributed by atoms with Gasteiger partial charge in [0.1, 0.15) is 0 Å². The zero-order chi connectivity index (χ0) is 24.5. The number of carbonyl (C=O) groups excluding carboxylic acids is 2. The molecule has 180 valence electrons. The van der Waals surface area contributed by atoms with E-state index in [1.165, 1.54) is 16.3 Å². The topological polar surface area (TPSA) is 110 Å². The molecule has 4 aromatic rings. The molecule has 10 heteroatoms. The van der Waals surface area contributed by atoms with Crippen LogP contribution in [0.4, 0.5) is 5.69 Å². The second-order valence-corrected chi connectivity index (χ2v) is 9.81. The van der Waals surface area contributed by atoms with E-state index in [0.29, 0.717) is 27.4 Å². The molecule has 0 atom stereocenters. The normalized spacial score (nSPS) is 14.0. The first-order valence-corrected chi connectivity index (χ1v) is 12.6. The van der Waals surface area contributed by atoms with E-state index in [4.69, 9.17) is 0 Å². The average molecular weight is 491 g/mol. The maximum absolute atomic E-state index is 12.9. The van der Waals surface area contributed by atoms with Crippen LogP contribution >= 0.6 is 11.8 Å². The number of amides is 2. The summed E-state index contributed by atoms with van der Waals surface area (Å²) in [4.78, 5) is 38.3. The Balaban J connectivity index is 1.45. The van der Waals surface area contributed by atoms with Gasteiger partial charge in [-0.05, 0) is 50.1 Å². The molecule has 0 saturated heterocycles. The molecule has 2 heterocycles. The number of nitrogens with zero attached hydrogens (tertiary/aromatic N) is 4. The standard InChI is InChI=1S/C25H26N6O3S/c1-15-7-10-18(11-8-15)26-21(32)14-35-25-29-28-24-30(2)23(34)19-12-9-16(13-20(19)31(24)25)22(33)27-17-5-3-4-6-17/h7-13,17H,3-6,14H2,1-2H3,(H,26,32)(H,27,33). The van der Waals surface area contributed by atoms with Crippen LogP contribution in [-0.2, 0) is 11.8 Å².